The summed E-state index contributed by atoms with van der Waals surface area (Å²) >= 11 is 0. The SMILES string of the molecule is CNc1ccnc(C(=O)N2CCS(=O)CC2)c1. The molecule has 0 unspecified atom stereocenters. The molecule has 0 aliphatic carbocycles. The molecule has 2 heterocycles. The van der Waals surface area contributed by atoms with Crippen molar-refractivity contribution >= 4 is 22.4 Å². The Kier molecular flexibility index (Phi) is 3.73. The Morgan fingerprint density at radius 2 is 2.18 bits per heavy atom. The van der Waals surface area contributed by atoms with Crippen molar-refractivity contribution in [2.24, 2.45) is 0 Å². The van der Waals surface area contributed by atoms with E-state index >= 15 is 0 Å². The summed E-state index contributed by atoms with van der Waals surface area (Å²) in [6, 6.07) is 3.54. The van der Waals surface area contributed by atoms with Crippen molar-refractivity contribution in [2.45, 2.75) is 0 Å². The topological polar surface area (TPSA) is 62.3 Å². The van der Waals surface area contributed by atoms with Crippen LogP contribution in [0.4, 0.5) is 5.69 Å². The number of carbonyl (C=O) groups is 1. The number of pyridine rings is 1. The maximum atomic E-state index is 12.1. The molecule has 6 heteroatoms. The minimum absolute atomic E-state index is 0.0844. The fourth-order valence-electron chi connectivity index (χ4n) is 1.71. The zero-order valence-electron chi connectivity index (χ0n) is 9.68. The van der Waals surface area contributed by atoms with Crippen LogP contribution >= 0.6 is 0 Å². The van der Waals surface area contributed by atoms with E-state index in [-0.39, 0.29) is 5.91 Å². The van der Waals surface area contributed by atoms with Gasteiger partial charge in [0.25, 0.3) is 5.91 Å². The average Bonchev–Trinajstić information content (AvgIpc) is 2.39. The second-order valence-electron chi connectivity index (χ2n) is 3.82. The lowest BCUT2D eigenvalue weighted by Gasteiger charge is -2.26. The number of anilines is 1. The third kappa shape index (κ3) is 2.82. The highest BCUT2D eigenvalue weighted by Crippen LogP contribution is 2.11. The van der Waals surface area contributed by atoms with Gasteiger partial charge in [-0.05, 0) is 12.1 Å². The molecule has 1 amide bonds. The number of nitrogens with one attached hydrogen (secondary N) is 1. The van der Waals surface area contributed by atoms with Gasteiger partial charge in [0.15, 0.2) is 0 Å². The lowest BCUT2D eigenvalue weighted by atomic mass is 10.3. The molecule has 1 aliphatic heterocycles. The van der Waals surface area contributed by atoms with E-state index in [0.29, 0.717) is 30.3 Å². The van der Waals surface area contributed by atoms with Crippen LogP contribution < -0.4 is 5.32 Å². The maximum Gasteiger partial charge on any atom is 0.272 e. The number of hydrogen-bond acceptors (Lipinski definition) is 4. The monoisotopic (exact) mass is 253 g/mol. The van der Waals surface area contributed by atoms with Gasteiger partial charge in [-0.25, -0.2) is 0 Å². The van der Waals surface area contributed by atoms with E-state index in [1.807, 2.05) is 6.07 Å². The Morgan fingerprint density at radius 3 is 2.82 bits per heavy atom. The Bertz CT molecular complexity index is 440. The van der Waals surface area contributed by atoms with Crippen LogP contribution in [-0.4, -0.2) is 51.6 Å². The molecule has 5 nitrogen and oxygen atoms in total. The van der Waals surface area contributed by atoms with Gasteiger partial charge in [0, 0.05) is 54.3 Å². The van der Waals surface area contributed by atoms with Crippen LogP contribution in [-0.2, 0) is 10.8 Å². The summed E-state index contributed by atoms with van der Waals surface area (Å²) in [5.41, 5.74) is 1.30. The van der Waals surface area contributed by atoms with Crippen LogP contribution in [0.5, 0.6) is 0 Å². The lowest BCUT2D eigenvalue weighted by molar-refractivity contribution is 0.0765. The number of carbonyl (C=O) groups excluding carboxylic acids is 1. The van der Waals surface area contributed by atoms with E-state index in [0.717, 1.165) is 5.69 Å². The van der Waals surface area contributed by atoms with Crippen LogP contribution in [0.1, 0.15) is 10.5 Å². The first kappa shape index (κ1) is 12.0. The van der Waals surface area contributed by atoms with E-state index in [9.17, 15) is 9.00 Å². The molecule has 2 rings (SSSR count). The molecule has 1 aromatic heterocycles. The zero-order valence-corrected chi connectivity index (χ0v) is 10.5. The molecule has 1 fully saturated rings. The molecule has 0 saturated carbocycles. The molecule has 0 bridgehead atoms. The van der Waals surface area contributed by atoms with Crippen LogP contribution in [0.25, 0.3) is 0 Å². The van der Waals surface area contributed by atoms with Gasteiger partial charge in [0.05, 0.1) is 0 Å². The lowest BCUT2D eigenvalue weighted by Crippen LogP contribution is -2.42. The molecule has 0 aromatic carbocycles. The van der Waals surface area contributed by atoms with Gasteiger partial charge in [-0.15, -0.1) is 0 Å². The Morgan fingerprint density at radius 1 is 1.47 bits per heavy atom. The first-order valence-corrected chi connectivity index (χ1v) is 6.97. The summed E-state index contributed by atoms with van der Waals surface area (Å²) in [6.07, 6.45) is 1.61. The number of rotatable bonds is 2. The molecule has 1 aliphatic rings. The molecule has 0 radical (unpaired) electrons. The highest BCUT2D eigenvalue weighted by molar-refractivity contribution is 7.85. The van der Waals surface area contributed by atoms with E-state index in [2.05, 4.69) is 10.3 Å². The first-order chi connectivity index (χ1) is 8.20. The molecule has 17 heavy (non-hydrogen) atoms. The summed E-state index contributed by atoms with van der Waals surface area (Å²) in [6.45, 7) is 1.10. The van der Waals surface area contributed by atoms with Crippen LogP contribution in [0, 0.1) is 0 Å². The standard InChI is InChI=1S/C11H15N3O2S/c1-12-9-2-3-13-10(8-9)11(15)14-4-6-17(16)7-5-14/h2-3,8H,4-7H2,1H3,(H,12,13). The summed E-state index contributed by atoms with van der Waals surface area (Å²) in [7, 11) is 1.03. The minimum atomic E-state index is -0.766. The highest BCUT2D eigenvalue weighted by Gasteiger charge is 2.22. The molecule has 0 spiro atoms. The van der Waals surface area contributed by atoms with Crippen LogP contribution in [0.15, 0.2) is 18.3 Å². The van der Waals surface area contributed by atoms with Gasteiger partial charge in [-0.1, -0.05) is 0 Å². The fraction of sp³-hybridized carbons (Fsp3) is 0.455. The van der Waals surface area contributed by atoms with E-state index in [1.165, 1.54) is 0 Å². The van der Waals surface area contributed by atoms with Crippen molar-refractivity contribution in [1.29, 1.82) is 0 Å². The van der Waals surface area contributed by atoms with Crippen molar-refractivity contribution < 1.29 is 9.00 Å². The summed E-state index contributed by atoms with van der Waals surface area (Å²) in [4.78, 5) is 17.9. The second kappa shape index (κ2) is 5.27. The third-order valence-electron chi connectivity index (χ3n) is 2.73. The van der Waals surface area contributed by atoms with Gasteiger partial charge >= 0.3 is 0 Å². The molecular formula is C11H15N3O2S. The van der Waals surface area contributed by atoms with Crippen LogP contribution in [0.2, 0.25) is 0 Å². The Labute approximate surface area is 103 Å². The van der Waals surface area contributed by atoms with E-state index < -0.39 is 10.8 Å². The number of hydrogen-bond donors (Lipinski definition) is 1. The Hall–Kier alpha value is -1.43. The van der Waals surface area contributed by atoms with Crippen molar-refractivity contribution in [3.8, 4) is 0 Å². The summed E-state index contributed by atoms with van der Waals surface area (Å²) < 4.78 is 11.2. The minimum Gasteiger partial charge on any atom is -0.388 e. The number of aromatic nitrogens is 1. The van der Waals surface area contributed by atoms with Gasteiger partial charge < -0.3 is 10.2 Å². The molecule has 1 aromatic rings. The second-order valence-corrected chi connectivity index (χ2v) is 5.52. The first-order valence-electron chi connectivity index (χ1n) is 5.49. The summed E-state index contributed by atoms with van der Waals surface area (Å²) in [5, 5.41) is 2.97. The van der Waals surface area contributed by atoms with Crippen molar-refractivity contribution in [1.82, 2.24) is 9.88 Å². The summed E-state index contributed by atoms with van der Waals surface area (Å²) in [5.74, 6) is 1.05. The van der Waals surface area contributed by atoms with E-state index in [4.69, 9.17) is 0 Å². The van der Waals surface area contributed by atoms with Gasteiger partial charge in [0.1, 0.15) is 5.69 Å². The molecule has 1 N–H and O–H groups in total. The predicted octanol–water partition coefficient (Wildman–Crippen LogP) is 0.328. The van der Waals surface area contributed by atoms with Gasteiger partial charge in [-0.3, -0.25) is 14.0 Å². The van der Waals surface area contributed by atoms with Gasteiger partial charge in [0.2, 0.25) is 0 Å². The van der Waals surface area contributed by atoms with Crippen molar-refractivity contribution in [2.75, 3.05) is 37.0 Å². The number of amides is 1. The fourth-order valence-corrected chi connectivity index (χ4v) is 2.76. The average molecular weight is 253 g/mol. The van der Waals surface area contributed by atoms with Crippen molar-refractivity contribution in [3.05, 3.63) is 24.0 Å². The van der Waals surface area contributed by atoms with Crippen LogP contribution in [0.3, 0.4) is 0 Å². The maximum absolute atomic E-state index is 12.1. The Balaban J connectivity index is 2.10. The highest BCUT2D eigenvalue weighted by atomic mass is 32.2. The molecule has 1 saturated heterocycles. The third-order valence-corrected chi connectivity index (χ3v) is 4.01. The zero-order chi connectivity index (χ0) is 12.3. The van der Waals surface area contributed by atoms with E-state index in [1.54, 1.807) is 24.2 Å². The molecule has 0 atom stereocenters. The quantitative estimate of drug-likeness (QED) is 0.825. The number of nitrogens with zero attached hydrogens (tertiary/aromatic N) is 2. The largest absolute Gasteiger partial charge is 0.388 e. The smallest absolute Gasteiger partial charge is 0.272 e. The molecule has 92 valence electrons. The molecular weight excluding hydrogens is 238 g/mol. The predicted molar refractivity (Wildman–Crippen MR) is 67.6 cm³/mol. The van der Waals surface area contributed by atoms with Gasteiger partial charge in [-0.2, -0.15) is 0 Å². The normalized spacial score (nSPS) is 16.9. The van der Waals surface area contributed by atoms with Crippen molar-refractivity contribution in [3.63, 3.8) is 0 Å².